The fraction of sp³-hybridized carbons (Fsp3) is 0.321. The van der Waals surface area contributed by atoms with Gasteiger partial charge >= 0.3 is 0 Å². The molecule has 0 spiro atoms. The number of hydrogen-bond acceptors (Lipinski definition) is 7. The lowest BCUT2D eigenvalue weighted by Gasteiger charge is -2.14. The molecule has 3 aromatic carbocycles. The van der Waals surface area contributed by atoms with Crippen molar-refractivity contribution < 1.29 is 23.1 Å². The molecule has 1 atom stereocenters. The Bertz CT molecular complexity index is 1250. The number of aliphatic hydroxyl groups excluding tert-OH is 1. The van der Waals surface area contributed by atoms with Crippen LogP contribution >= 0.6 is 0 Å². The summed E-state index contributed by atoms with van der Waals surface area (Å²) in [5.74, 6) is -0.687. The Balaban J connectivity index is 1.63. The highest BCUT2D eigenvalue weighted by Gasteiger charge is 2.16. The summed E-state index contributed by atoms with van der Waals surface area (Å²) in [4.78, 5) is 12.5. The molecule has 3 rings (SSSR count). The zero-order chi connectivity index (χ0) is 26.7. The minimum Gasteiger partial charge on any atom is -0.387 e. The van der Waals surface area contributed by atoms with Crippen LogP contribution in [0.5, 0.6) is 0 Å². The molecule has 3 aromatic rings. The molecule has 0 saturated heterocycles. The molecule has 37 heavy (non-hydrogen) atoms. The van der Waals surface area contributed by atoms with Gasteiger partial charge in [0.25, 0.3) is 5.91 Å². The Kier molecular flexibility index (Phi) is 10.6. The Morgan fingerprint density at radius 3 is 2.35 bits per heavy atom. The predicted molar refractivity (Wildman–Crippen MR) is 147 cm³/mol. The first-order chi connectivity index (χ1) is 17.8. The van der Waals surface area contributed by atoms with Crippen LogP contribution in [0, 0.1) is 0 Å². The molecule has 9 heteroatoms. The van der Waals surface area contributed by atoms with Crippen molar-refractivity contribution in [3.63, 3.8) is 0 Å². The van der Waals surface area contributed by atoms with Crippen LogP contribution in [0.2, 0.25) is 0 Å². The third-order valence-corrected chi connectivity index (χ3v) is 6.26. The number of rotatable bonds is 14. The first-order valence-corrected chi connectivity index (χ1v) is 14.2. The van der Waals surface area contributed by atoms with E-state index in [2.05, 4.69) is 22.8 Å². The maximum Gasteiger partial charge on any atom is 0.266 e. The zero-order valence-corrected chi connectivity index (χ0v) is 22.1. The highest BCUT2D eigenvalue weighted by molar-refractivity contribution is 7.89. The molecule has 1 amide bonds. The van der Waals surface area contributed by atoms with E-state index in [1.54, 1.807) is 12.1 Å². The number of nitrogens with one attached hydrogen (secondary N) is 3. The minimum atomic E-state index is -3.68. The largest absolute Gasteiger partial charge is 0.387 e. The molecule has 0 aliphatic carbocycles. The van der Waals surface area contributed by atoms with Crippen molar-refractivity contribution in [1.29, 1.82) is 0 Å². The number of sulfonamides is 1. The van der Waals surface area contributed by atoms with Gasteiger partial charge in [0.1, 0.15) is 0 Å². The lowest BCUT2D eigenvalue weighted by molar-refractivity contribution is 0.0982. The zero-order valence-electron chi connectivity index (χ0n) is 21.2. The van der Waals surface area contributed by atoms with Crippen LogP contribution in [-0.2, 0) is 21.2 Å². The summed E-state index contributed by atoms with van der Waals surface area (Å²) in [7, 11) is -3.68. The SMILES string of the molecule is CCOCCNc1cc(-c2ccc(CCNC[C@@H](O)c3ccccc3)cc2)ccc1C(=O)NS(C)(=O)=O. The van der Waals surface area contributed by atoms with E-state index in [4.69, 9.17) is 4.74 Å². The topological polar surface area (TPSA) is 117 Å². The average Bonchev–Trinajstić information content (AvgIpc) is 2.89. The monoisotopic (exact) mass is 525 g/mol. The number of ether oxygens (including phenoxy) is 1. The number of aliphatic hydroxyl groups is 1. The second kappa shape index (κ2) is 13.9. The van der Waals surface area contributed by atoms with E-state index in [1.165, 1.54) is 0 Å². The van der Waals surface area contributed by atoms with Gasteiger partial charge in [-0.15, -0.1) is 0 Å². The molecular formula is C28H35N3O5S. The van der Waals surface area contributed by atoms with Crippen LogP contribution in [0.25, 0.3) is 11.1 Å². The number of anilines is 1. The van der Waals surface area contributed by atoms with Crippen molar-refractivity contribution in [3.8, 4) is 11.1 Å². The van der Waals surface area contributed by atoms with Gasteiger partial charge in [-0.3, -0.25) is 4.79 Å². The molecule has 0 aromatic heterocycles. The van der Waals surface area contributed by atoms with Crippen molar-refractivity contribution in [2.24, 2.45) is 0 Å². The molecular weight excluding hydrogens is 490 g/mol. The summed E-state index contributed by atoms with van der Waals surface area (Å²) in [5, 5.41) is 16.7. The number of carbonyl (C=O) groups is 1. The van der Waals surface area contributed by atoms with E-state index < -0.39 is 22.0 Å². The standard InChI is InChI=1S/C28H35N3O5S/c1-3-36-18-17-30-26-19-24(13-14-25(26)28(33)31-37(2,34)35)22-11-9-21(10-12-22)15-16-29-20-27(32)23-7-5-4-6-8-23/h4-14,19,27,29-30,32H,3,15-18,20H2,1-2H3,(H,31,33)/t27-/m1/s1. The molecule has 0 aliphatic heterocycles. The van der Waals surface area contributed by atoms with Crippen molar-refractivity contribution in [3.05, 3.63) is 89.5 Å². The number of carbonyl (C=O) groups excluding carboxylic acids is 1. The van der Waals surface area contributed by atoms with Gasteiger partial charge in [-0.1, -0.05) is 60.7 Å². The van der Waals surface area contributed by atoms with Gasteiger partial charge in [0.15, 0.2) is 0 Å². The Morgan fingerprint density at radius 2 is 1.68 bits per heavy atom. The van der Waals surface area contributed by atoms with Gasteiger partial charge in [-0.25, -0.2) is 13.1 Å². The second-order valence-electron chi connectivity index (χ2n) is 8.66. The maximum absolute atomic E-state index is 12.5. The smallest absolute Gasteiger partial charge is 0.266 e. The summed E-state index contributed by atoms with van der Waals surface area (Å²) < 4.78 is 30.5. The van der Waals surface area contributed by atoms with Crippen LogP contribution in [-0.4, -0.2) is 58.5 Å². The molecule has 8 nitrogen and oxygen atoms in total. The third kappa shape index (κ3) is 9.29. The lowest BCUT2D eigenvalue weighted by Crippen LogP contribution is -2.30. The molecule has 0 unspecified atom stereocenters. The summed E-state index contributed by atoms with van der Waals surface area (Å²) >= 11 is 0. The van der Waals surface area contributed by atoms with Crippen LogP contribution in [0.1, 0.15) is 34.5 Å². The van der Waals surface area contributed by atoms with E-state index in [0.29, 0.717) is 32.0 Å². The molecule has 198 valence electrons. The Hall–Kier alpha value is -3.24. The molecule has 0 bridgehead atoms. The van der Waals surface area contributed by atoms with Crippen LogP contribution < -0.4 is 15.4 Å². The molecule has 0 fully saturated rings. The summed E-state index contributed by atoms with van der Waals surface area (Å²) in [6.45, 7) is 4.64. The van der Waals surface area contributed by atoms with Gasteiger partial charge in [0, 0.05) is 25.4 Å². The summed E-state index contributed by atoms with van der Waals surface area (Å²) in [6, 6.07) is 23.0. The van der Waals surface area contributed by atoms with Crippen LogP contribution in [0.3, 0.4) is 0 Å². The first-order valence-electron chi connectivity index (χ1n) is 12.3. The highest BCUT2D eigenvalue weighted by Crippen LogP contribution is 2.26. The fourth-order valence-corrected chi connectivity index (χ4v) is 4.27. The molecule has 0 aliphatic rings. The van der Waals surface area contributed by atoms with E-state index in [-0.39, 0.29) is 5.56 Å². The predicted octanol–water partition coefficient (Wildman–Crippen LogP) is 3.36. The summed E-state index contributed by atoms with van der Waals surface area (Å²) in [5.41, 5.74) is 4.69. The molecule has 0 heterocycles. The quantitative estimate of drug-likeness (QED) is 0.239. The molecule has 0 saturated carbocycles. The van der Waals surface area contributed by atoms with Crippen molar-refractivity contribution in [1.82, 2.24) is 10.0 Å². The average molecular weight is 526 g/mol. The van der Waals surface area contributed by atoms with Crippen LogP contribution in [0.4, 0.5) is 5.69 Å². The second-order valence-corrected chi connectivity index (χ2v) is 10.4. The van der Waals surface area contributed by atoms with Gasteiger partial charge < -0.3 is 20.5 Å². The normalized spacial score (nSPS) is 12.2. The number of benzene rings is 3. The van der Waals surface area contributed by atoms with Gasteiger partial charge in [-0.2, -0.15) is 0 Å². The van der Waals surface area contributed by atoms with E-state index in [9.17, 15) is 18.3 Å². The Labute approximate surface area is 219 Å². The number of hydrogen-bond donors (Lipinski definition) is 4. The fourth-order valence-electron chi connectivity index (χ4n) is 3.82. The third-order valence-electron chi connectivity index (χ3n) is 5.71. The van der Waals surface area contributed by atoms with Crippen molar-refractivity contribution in [2.45, 2.75) is 19.4 Å². The molecule has 0 radical (unpaired) electrons. The van der Waals surface area contributed by atoms with Gasteiger partial charge in [0.05, 0.1) is 24.5 Å². The van der Waals surface area contributed by atoms with Crippen molar-refractivity contribution >= 4 is 21.6 Å². The van der Waals surface area contributed by atoms with Gasteiger partial charge in [-0.05, 0) is 54.3 Å². The van der Waals surface area contributed by atoms with E-state index in [0.717, 1.165) is 41.5 Å². The number of amides is 1. The van der Waals surface area contributed by atoms with Crippen molar-refractivity contribution in [2.75, 3.05) is 44.4 Å². The Morgan fingerprint density at radius 1 is 0.973 bits per heavy atom. The summed E-state index contributed by atoms with van der Waals surface area (Å²) in [6.07, 6.45) is 1.23. The van der Waals surface area contributed by atoms with Crippen LogP contribution in [0.15, 0.2) is 72.8 Å². The highest BCUT2D eigenvalue weighted by atomic mass is 32.2. The van der Waals surface area contributed by atoms with Gasteiger partial charge in [0.2, 0.25) is 10.0 Å². The van der Waals surface area contributed by atoms with E-state index in [1.807, 2.05) is 60.2 Å². The maximum atomic E-state index is 12.5. The lowest BCUT2D eigenvalue weighted by atomic mass is 10.00. The minimum absolute atomic E-state index is 0.242. The molecule has 4 N–H and O–H groups in total. The first kappa shape index (κ1) is 28.3. The van der Waals surface area contributed by atoms with E-state index >= 15 is 0 Å².